The topological polar surface area (TPSA) is 37.3 Å². The molecule has 4 heteroatoms. The number of hydrogen-bond acceptors (Lipinski definition) is 1. The fourth-order valence-corrected chi connectivity index (χ4v) is 2.72. The van der Waals surface area contributed by atoms with Gasteiger partial charge in [-0.15, -0.1) is 0 Å². The van der Waals surface area contributed by atoms with Crippen LogP contribution in [0.2, 0.25) is 0 Å². The summed E-state index contributed by atoms with van der Waals surface area (Å²) in [4.78, 5) is 9.18. The zero-order valence-electron chi connectivity index (χ0n) is 10.1. The van der Waals surface area contributed by atoms with Crippen molar-refractivity contribution in [2.45, 2.75) is 6.16 Å². The molecule has 0 aliphatic carbocycles. The van der Waals surface area contributed by atoms with Crippen LogP contribution in [0.1, 0.15) is 16.7 Å². The predicted octanol–water partition coefficient (Wildman–Crippen LogP) is 3.50. The van der Waals surface area contributed by atoms with E-state index in [0.29, 0.717) is 0 Å². The van der Waals surface area contributed by atoms with Crippen molar-refractivity contribution in [1.29, 1.82) is 0 Å². The third-order valence-corrected chi connectivity index (χ3v) is 3.61. The molecule has 2 rings (SSSR count). The minimum absolute atomic E-state index is 0.0678. The molecule has 0 aromatic heterocycles. The van der Waals surface area contributed by atoms with E-state index in [1.165, 1.54) is 0 Å². The third-order valence-electron chi connectivity index (χ3n) is 2.41. The largest absolute Gasteiger partial charge is 0.337 e. The van der Waals surface area contributed by atoms with Gasteiger partial charge in [-0.3, -0.25) is 4.57 Å². The summed E-state index contributed by atoms with van der Waals surface area (Å²) in [5.41, 5.74) is 2.57. The van der Waals surface area contributed by atoms with E-state index in [1.807, 2.05) is 36.4 Å². The SMILES string of the molecule is O=P(O)(S)Cc1ccc(C#Cc2cc[c]cc2)cc1. The van der Waals surface area contributed by atoms with E-state index in [1.54, 1.807) is 12.1 Å². The molecule has 0 aliphatic heterocycles. The van der Waals surface area contributed by atoms with E-state index < -0.39 is 6.57 Å². The fourth-order valence-electron chi connectivity index (χ4n) is 1.55. The molecule has 0 aliphatic rings. The van der Waals surface area contributed by atoms with E-state index in [0.717, 1.165) is 16.7 Å². The Labute approximate surface area is 118 Å². The van der Waals surface area contributed by atoms with Crippen molar-refractivity contribution < 1.29 is 9.46 Å². The Morgan fingerprint density at radius 3 is 2.11 bits per heavy atom. The van der Waals surface area contributed by atoms with Crippen molar-refractivity contribution in [3.05, 3.63) is 71.3 Å². The maximum absolute atomic E-state index is 11.2. The number of rotatable bonds is 2. The molecule has 19 heavy (non-hydrogen) atoms. The molecule has 2 nitrogen and oxygen atoms in total. The van der Waals surface area contributed by atoms with Crippen molar-refractivity contribution in [2.75, 3.05) is 0 Å². The van der Waals surface area contributed by atoms with Gasteiger partial charge >= 0.3 is 0 Å². The molecule has 1 unspecified atom stereocenters. The highest BCUT2D eigenvalue weighted by Gasteiger charge is 2.11. The first-order chi connectivity index (χ1) is 9.03. The van der Waals surface area contributed by atoms with Gasteiger partial charge in [0, 0.05) is 11.1 Å². The maximum atomic E-state index is 11.2. The first kappa shape index (κ1) is 14.0. The summed E-state index contributed by atoms with van der Waals surface area (Å²) in [7, 11) is 0. The van der Waals surface area contributed by atoms with Crippen LogP contribution in [0.5, 0.6) is 0 Å². The summed E-state index contributed by atoms with van der Waals surface area (Å²) in [5, 5.41) is 0. The highest BCUT2D eigenvalue weighted by molar-refractivity contribution is 8.45. The Morgan fingerprint density at radius 1 is 1.05 bits per heavy atom. The minimum Gasteiger partial charge on any atom is -0.337 e. The predicted molar refractivity (Wildman–Crippen MR) is 80.2 cm³/mol. The van der Waals surface area contributed by atoms with Crippen LogP contribution in [-0.2, 0) is 10.7 Å². The van der Waals surface area contributed by atoms with Crippen molar-refractivity contribution in [2.24, 2.45) is 0 Å². The molecule has 2 aromatic carbocycles. The third kappa shape index (κ3) is 4.96. The second-order valence-corrected chi connectivity index (χ2v) is 7.58. The van der Waals surface area contributed by atoms with E-state index in [2.05, 4.69) is 30.2 Å². The first-order valence-corrected chi connectivity index (χ1v) is 8.64. The first-order valence-electron chi connectivity index (χ1n) is 5.65. The van der Waals surface area contributed by atoms with Gasteiger partial charge in [0.05, 0.1) is 6.16 Å². The number of benzene rings is 2. The van der Waals surface area contributed by atoms with E-state index in [9.17, 15) is 9.46 Å². The quantitative estimate of drug-likeness (QED) is 0.504. The number of thiol groups is 1. The average Bonchev–Trinajstić information content (AvgIpc) is 2.37. The van der Waals surface area contributed by atoms with Crippen molar-refractivity contribution in [1.82, 2.24) is 0 Å². The molecule has 0 heterocycles. The summed E-state index contributed by atoms with van der Waals surface area (Å²) in [6.45, 7) is -3.31. The lowest BCUT2D eigenvalue weighted by Crippen LogP contribution is -1.84. The lowest BCUT2D eigenvalue weighted by molar-refractivity contribution is 0.496. The average molecular weight is 287 g/mol. The fraction of sp³-hybridized carbons (Fsp3) is 0.0667. The van der Waals surface area contributed by atoms with Crippen LogP contribution in [0.4, 0.5) is 0 Å². The summed E-state index contributed by atoms with van der Waals surface area (Å²) in [6, 6.07) is 17.6. The van der Waals surface area contributed by atoms with E-state index >= 15 is 0 Å². The molecule has 1 N–H and O–H groups in total. The second-order valence-electron chi connectivity index (χ2n) is 4.06. The van der Waals surface area contributed by atoms with Crippen LogP contribution in [0.15, 0.2) is 48.5 Å². The standard InChI is InChI=1S/C15H12O2PS/c16-18(17,19)12-15-10-8-14(9-11-15)7-6-13-4-2-1-3-5-13/h2-5,8-11H,12H2,(H2,16,17,19). The normalized spacial score (nSPS) is 13.2. The van der Waals surface area contributed by atoms with Crippen molar-refractivity contribution in [3.8, 4) is 11.8 Å². The minimum atomic E-state index is -3.31. The lowest BCUT2D eigenvalue weighted by atomic mass is 10.1. The smallest absolute Gasteiger partial charge is 0.256 e. The molecule has 0 bridgehead atoms. The van der Waals surface area contributed by atoms with Crippen LogP contribution < -0.4 is 0 Å². The van der Waals surface area contributed by atoms with Crippen LogP contribution in [0.3, 0.4) is 0 Å². The molecule has 1 radical (unpaired) electrons. The molecule has 0 spiro atoms. The Bertz CT molecular complexity index is 648. The highest BCUT2D eigenvalue weighted by Crippen LogP contribution is 2.48. The zero-order valence-corrected chi connectivity index (χ0v) is 11.9. The summed E-state index contributed by atoms with van der Waals surface area (Å²) in [5.74, 6) is 6.08. The number of hydrogen-bond donors (Lipinski definition) is 2. The van der Waals surface area contributed by atoms with Crippen molar-refractivity contribution in [3.63, 3.8) is 0 Å². The Kier molecular flexibility index (Phi) is 4.50. The Morgan fingerprint density at radius 2 is 1.58 bits per heavy atom. The van der Waals surface area contributed by atoms with Gasteiger partial charge in [0.1, 0.15) is 0 Å². The van der Waals surface area contributed by atoms with E-state index in [4.69, 9.17) is 0 Å². The summed E-state index contributed by atoms with van der Waals surface area (Å²) >= 11 is 3.66. The van der Waals surface area contributed by atoms with Gasteiger partial charge in [-0.05, 0) is 35.9 Å². The van der Waals surface area contributed by atoms with Gasteiger partial charge in [-0.25, -0.2) is 0 Å². The molecule has 0 amide bonds. The molecular weight excluding hydrogens is 275 g/mol. The zero-order chi connectivity index (χ0) is 13.7. The Hall–Kier alpha value is -1.46. The van der Waals surface area contributed by atoms with Crippen LogP contribution >= 0.6 is 18.8 Å². The van der Waals surface area contributed by atoms with Gasteiger partial charge in [-0.2, -0.15) is 0 Å². The van der Waals surface area contributed by atoms with Crippen molar-refractivity contribution >= 4 is 18.8 Å². The summed E-state index contributed by atoms with van der Waals surface area (Å²) in [6.07, 6.45) is 0.0678. The van der Waals surface area contributed by atoms with Crippen LogP contribution in [0, 0.1) is 17.9 Å². The van der Waals surface area contributed by atoms with Crippen LogP contribution in [-0.4, -0.2) is 4.89 Å². The molecule has 0 saturated heterocycles. The molecule has 0 fully saturated rings. The lowest BCUT2D eigenvalue weighted by Gasteiger charge is -2.03. The van der Waals surface area contributed by atoms with Gasteiger partial charge in [0.2, 0.25) is 0 Å². The van der Waals surface area contributed by atoms with Gasteiger partial charge in [0.15, 0.2) is 0 Å². The summed E-state index contributed by atoms with van der Waals surface area (Å²) < 4.78 is 11.2. The van der Waals surface area contributed by atoms with E-state index in [-0.39, 0.29) is 6.16 Å². The molecule has 95 valence electrons. The van der Waals surface area contributed by atoms with Gasteiger partial charge < -0.3 is 4.89 Å². The molecular formula is C15H12O2PS. The highest BCUT2D eigenvalue weighted by atomic mass is 32.7. The molecule has 2 aromatic rings. The van der Waals surface area contributed by atoms with Crippen LogP contribution in [0.25, 0.3) is 0 Å². The Balaban J connectivity index is 2.12. The van der Waals surface area contributed by atoms with Gasteiger partial charge in [0.25, 0.3) is 6.57 Å². The maximum Gasteiger partial charge on any atom is 0.256 e. The molecule has 1 atom stereocenters. The molecule has 0 saturated carbocycles. The second kappa shape index (κ2) is 6.12. The van der Waals surface area contributed by atoms with Gasteiger partial charge in [-0.1, -0.05) is 48.4 Å². The monoisotopic (exact) mass is 287 g/mol.